The minimum absolute atomic E-state index is 0.114. The van der Waals surface area contributed by atoms with E-state index in [2.05, 4.69) is 24.0 Å². The number of nitrogens with zero attached hydrogens (tertiary/aromatic N) is 3. The Morgan fingerprint density at radius 3 is 2.47 bits per heavy atom. The molecule has 0 spiro atoms. The fraction of sp³-hybridized carbons (Fsp3) is 0.429. The van der Waals surface area contributed by atoms with E-state index < -0.39 is 0 Å². The Hall–Kier alpha value is -1.39. The average Bonchev–Trinajstić information content (AvgIpc) is 2.78. The van der Waals surface area contributed by atoms with Crippen LogP contribution in [-0.4, -0.2) is 28.5 Å². The van der Waals surface area contributed by atoms with Gasteiger partial charge in [0.15, 0.2) is 5.82 Å². The maximum absolute atomic E-state index is 6.20. The van der Waals surface area contributed by atoms with Crippen LogP contribution in [0.3, 0.4) is 0 Å². The van der Waals surface area contributed by atoms with Crippen molar-refractivity contribution in [1.29, 1.82) is 0 Å². The Kier molecular flexibility index (Phi) is 4.56. The van der Waals surface area contributed by atoms with Crippen LogP contribution in [-0.2, 0) is 4.74 Å². The van der Waals surface area contributed by atoms with Crippen LogP contribution in [0.1, 0.15) is 19.9 Å². The molecule has 0 aliphatic carbocycles. The molecule has 1 atom stereocenters. The summed E-state index contributed by atoms with van der Waals surface area (Å²) in [7, 11) is 1.69. The number of halogens is 1. The fourth-order valence-corrected chi connectivity index (χ4v) is 2.33. The second-order valence-corrected chi connectivity index (χ2v) is 5.13. The molecule has 0 saturated carbocycles. The number of ether oxygens (including phenoxy) is 1. The first-order valence-electron chi connectivity index (χ1n) is 6.30. The molecule has 0 aliphatic rings. The summed E-state index contributed by atoms with van der Waals surface area (Å²) in [5.41, 5.74) is 1.00. The predicted octanol–water partition coefficient (Wildman–Crippen LogP) is 3.44. The zero-order chi connectivity index (χ0) is 13.8. The number of benzene rings is 1. The average molecular weight is 280 g/mol. The Balaban J connectivity index is 2.48. The van der Waals surface area contributed by atoms with Gasteiger partial charge in [-0.05, 0) is 17.5 Å². The van der Waals surface area contributed by atoms with E-state index in [0.29, 0.717) is 17.8 Å². The van der Waals surface area contributed by atoms with Gasteiger partial charge in [-0.1, -0.05) is 44.2 Å². The molecule has 4 nitrogen and oxygen atoms in total. The molecule has 0 N–H and O–H groups in total. The maximum atomic E-state index is 6.20. The first-order chi connectivity index (χ1) is 9.15. The minimum Gasteiger partial charge on any atom is -0.383 e. The summed E-state index contributed by atoms with van der Waals surface area (Å²) >= 11 is 6.20. The van der Waals surface area contributed by atoms with E-state index in [-0.39, 0.29) is 6.04 Å². The SMILES string of the molecule is COCC(C(C)C)n1c(Cl)nnc1-c1ccccc1. The molecule has 102 valence electrons. The molecule has 0 saturated heterocycles. The van der Waals surface area contributed by atoms with Gasteiger partial charge in [-0.3, -0.25) is 4.57 Å². The lowest BCUT2D eigenvalue weighted by Crippen LogP contribution is -2.21. The van der Waals surface area contributed by atoms with E-state index in [0.717, 1.165) is 11.4 Å². The minimum atomic E-state index is 0.114. The highest BCUT2D eigenvalue weighted by molar-refractivity contribution is 6.28. The van der Waals surface area contributed by atoms with Gasteiger partial charge < -0.3 is 4.74 Å². The first kappa shape index (κ1) is 14.0. The predicted molar refractivity (Wildman–Crippen MR) is 76.2 cm³/mol. The van der Waals surface area contributed by atoms with Gasteiger partial charge in [0.2, 0.25) is 5.28 Å². The smallest absolute Gasteiger partial charge is 0.225 e. The second-order valence-electron chi connectivity index (χ2n) is 4.80. The van der Waals surface area contributed by atoms with Crippen molar-refractivity contribution in [3.63, 3.8) is 0 Å². The molecule has 0 amide bonds. The van der Waals surface area contributed by atoms with Gasteiger partial charge in [0, 0.05) is 12.7 Å². The van der Waals surface area contributed by atoms with Crippen LogP contribution in [0.15, 0.2) is 30.3 Å². The third-order valence-electron chi connectivity index (χ3n) is 3.12. The summed E-state index contributed by atoms with van der Waals surface area (Å²) in [6.07, 6.45) is 0. The summed E-state index contributed by atoms with van der Waals surface area (Å²) in [5.74, 6) is 1.15. The fourth-order valence-electron chi connectivity index (χ4n) is 2.09. The molecule has 1 aromatic carbocycles. The van der Waals surface area contributed by atoms with Crippen LogP contribution in [0.4, 0.5) is 0 Å². The standard InChI is InChI=1S/C14H18ClN3O/c1-10(2)12(9-19-3)18-13(16-17-14(18)15)11-7-5-4-6-8-11/h4-8,10,12H,9H2,1-3H3. The molecule has 1 aromatic heterocycles. The lowest BCUT2D eigenvalue weighted by molar-refractivity contribution is 0.134. The maximum Gasteiger partial charge on any atom is 0.225 e. The monoisotopic (exact) mass is 279 g/mol. The molecule has 0 aliphatic heterocycles. The van der Waals surface area contributed by atoms with Gasteiger partial charge in [-0.25, -0.2) is 0 Å². The van der Waals surface area contributed by atoms with E-state index in [1.165, 1.54) is 0 Å². The Labute approximate surface area is 118 Å². The van der Waals surface area contributed by atoms with Gasteiger partial charge in [-0.15, -0.1) is 10.2 Å². The third kappa shape index (κ3) is 2.96. The highest BCUT2D eigenvalue weighted by atomic mass is 35.5. The first-order valence-corrected chi connectivity index (χ1v) is 6.67. The van der Waals surface area contributed by atoms with E-state index in [9.17, 15) is 0 Å². The summed E-state index contributed by atoms with van der Waals surface area (Å²) < 4.78 is 7.25. The third-order valence-corrected chi connectivity index (χ3v) is 3.38. The molecule has 0 bridgehead atoms. The lowest BCUT2D eigenvalue weighted by Gasteiger charge is -2.23. The topological polar surface area (TPSA) is 39.9 Å². The zero-order valence-electron chi connectivity index (χ0n) is 11.4. The van der Waals surface area contributed by atoms with E-state index in [1.54, 1.807) is 7.11 Å². The van der Waals surface area contributed by atoms with Gasteiger partial charge in [0.25, 0.3) is 0 Å². The molecule has 2 rings (SSSR count). The van der Waals surface area contributed by atoms with Crippen LogP contribution in [0, 0.1) is 5.92 Å². The Morgan fingerprint density at radius 1 is 1.21 bits per heavy atom. The number of hydrogen-bond donors (Lipinski definition) is 0. The van der Waals surface area contributed by atoms with E-state index >= 15 is 0 Å². The molecule has 2 aromatic rings. The molecule has 0 fully saturated rings. The van der Waals surface area contributed by atoms with Gasteiger partial charge >= 0.3 is 0 Å². The van der Waals surface area contributed by atoms with Crippen molar-refractivity contribution < 1.29 is 4.74 Å². The van der Waals surface area contributed by atoms with Crippen molar-refractivity contribution in [2.45, 2.75) is 19.9 Å². The summed E-state index contributed by atoms with van der Waals surface area (Å²) in [5, 5.41) is 8.60. The van der Waals surface area contributed by atoms with E-state index in [4.69, 9.17) is 16.3 Å². The van der Waals surface area contributed by atoms with Gasteiger partial charge in [0.05, 0.1) is 12.6 Å². The molecule has 19 heavy (non-hydrogen) atoms. The molecular weight excluding hydrogens is 262 g/mol. The molecule has 5 heteroatoms. The van der Waals surface area contributed by atoms with Crippen LogP contribution in [0.5, 0.6) is 0 Å². The van der Waals surface area contributed by atoms with Crippen molar-refractivity contribution in [1.82, 2.24) is 14.8 Å². The van der Waals surface area contributed by atoms with Crippen LogP contribution in [0.25, 0.3) is 11.4 Å². The molecule has 1 unspecified atom stereocenters. The Morgan fingerprint density at radius 2 is 1.89 bits per heavy atom. The highest BCUT2D eigenvalue weighted by Gasteiger charge is 2.23. The highest BCUT2D eigenvalue weighted by Crippen LogP contribution is 2.29. The van der Waals surface area contributed by atoms with Gasteiger partial charge in [-0.2, -0.15) is 0 Å². The number of hydrogen-bond acceptors (Lipinski definition) is 3. The van der Waals surface area contributed by atoms with E-state index in [1.807, 2.05) is 34.9 Å². The van der Waals surface area contributed by atoms with Gasteiger partial charge in [0.1, 0.15) is 0 Å². The van der Waals surface area contributed by atoms with Crippen LogP contribution in [0.2, 0.25) is 5.28 Å². The Bertz CT molecular complexity index is 525. The van der Waals surface area contributed by atoms with Crippen molar-refractivity contribution in [3.8, 4) is 11.4 Å². The molecule has 1 heterocycles. The number of aromatic nitrogens is 3. The quantitative estimate of drug-likeness (QED) is 0.842. The van der Waals surface area contributed by atoms with Crippen molar-refractivity contribution in [3.05, 3.63) is 35.6 Å². The summed E-state index contributed by atoms with van der Waals surface area (Å²) in [4.78, 5) is 0. The molecular formula is C14H18ClN3O. The normalized spacial score (nSPS) is 12.9. The largest absolute Gasteiger partial charge is 0.383 e. The molecule has 0 radical (unpaired) electrons. The van der Waals surface area contributed by atoms with Crippen molar-refractivity contribution >= 4 is 11.6 Å². The summed E-state index contributed by atoms with van der Waals surface area (Å²) in [6, 6.07) is 10.0. The lowest BCUT2D eigenvalue weighted by atomic mass is 10.0. The second kappa shape index (κ2) is 6.17. The summed E-state index contributed by atoms with van der Waals surface area (Å²) in [6.45, 7) is 4.85. The van der Waals surface area contributed by atoms with Crippen LogP contribution < -0.4 is 0 Å². The number of rotatable bonds is 5. The number of methoxy groups -OCH3 is 1. The van der Waals surface area contributed by atoms with Crippen molar-refractivity contribution in [2.24, 2.45) is 5.92 Å². The zero-order valence-corrected chi connectivity index (χ0v) is 12.1. The van der Waals surface area contributed by atoms with Crippen LogP contribution >= 0.6 is 11.6 Å². The van der Waals surface area contributed by atoms with Crippen molar-refractivity contribution in [2.75, 3.05) is 13.7 Å².